The Morgan fingerprint density at radius 1 is 1.12 bits per heavy atom. The predicted octanol–water partition coefficient (Wildman–Crippen LogP) is 1.09. The number of ether oxygens (including phenoxy) is 1. The van der Waals surface area contributed by atoms with Crippen LogP contribution >= 0.6 is 0 Å². The molecule has 0 bridgehead atoms. The second-order valence-electron chi connectivity index (χ2n) is 4.15. The Balaban J connectivity index is 2.98. The van der Waals surface area contributed by atoms with Crippen molar-refractivity contribution in [3.8, 4) is 6.01 Å². The lowest BCUT2D eigenvalue weighted by molar-refractivity contribution is 0.222. The van der Waals surface area contributed by atoms with Crippen LogP contribution < -0.4 is 15.4 Å². The highest BCUT2D eigenvalue weighted by atomic mass is 16.5. The van der Waals surface area contributed by atoms with E-state index in [1.807, 2.05) is 39.6 Å². The summed E-state index contributed by atoms with van der Waals surface area (Å²) < 4.78 is 5.40. The molecule has 2 N–H and O–H groups in total. The molecule has 0 aromatic carbocycles. The van der Waals surface area contributed by atoms with Crippen molar-refractivity contribution in [3.63, 3.8) is 0 Å². The van der Waals surface area contributed by atoms with E-state index in [1.165, 1.54) is 0 Å². The maximum atomic E-state index is 5.60. The molecule has 0 aliphatic rings. The number of nitrogen functional groups attached to an aromatic ring is 1. The summed E-state index contributed by atoms with van der Waals surface area (Å²) in [6.07, 6.45) is 0.0130. The molecular formula is C10H19N5O. The zero-order valence-electron chi connectivity index (χ0n) is 10.4. The lowest BCUT2D eigenvalue weighted by atomic mass is 10.4. The van der Waals surface area contributed by atoms with Gasteiger partial charge in [0, 0.05) is 13.1 Å². The van der Waals surface area contributed by atoms with Gasteiger partial charge in [-0.25, -0.2) is 0 Å². The van der Waals surface area contributed by atoms with Crippen LogP contribution in [-0.4, -0.2) is 34.1 Å². The van der Waals surface area contributed by atoms with Crippen molar-refractivity contribution in [1.29, 1.82) is 0 Å². The standard InChI is InChI=1S/C10H19N5O/c1-6(2)15(5)9-12-8(11)13-10(14-9)16-7(3)4/h6-7H,1-5H3,(H2,11,12,13,14). The lowest BCUT2D eigenvalue weighted by Crippen LogP contribution is -2.28. The number of aromatic nitrogens is 3. The highest BCUT2D eigenvalue weighted by Crippen LogP contribution is 2.14. The van der Waals surface area contributed by atoms with E-state index in [1.54, 1.807) is 0 Å². The van der Waals surface area contributed by atoms with E-state index < -0.39 is 0 Å². The van der Waals surface area contributed by atoms with Gasteiger partial charge in [0.1, 0.15) is 0 Å². The number of hydrogen-bond acceptors (Lipinski definition) is 6. The predicted molar refractivity (Wildman–Crippen MR) is 63.5 cm³/mol. The van der Waals surface area contributed by atoms with Crippen molar-refractivity contribution >= 4 is 11.9 Å². The lowest BCUT2D eigenvalue weighted by Gasteiger charge is -2.21. The largest absolute Gasteiger partial charge is 0.461 e. The van der Waals surface area contributed by atoms with E-state index in [0.29, 0.717) is 5.95 Å². The van der Waals surface area contributed by atoms with Gasteiger partial charge in [-0.1, -0.05) is 0 Å². The van der Waals surface area contributed by atoms with E-state index in [-0.39, 0.29) is 24.1 Å². The normalized spacial score (nSPS) is 10.9. The van der Waals surface area contributed by atoms with Crippen molar-refractivity contribution in [2.75, 3.05) is 17.7 Å². The van der Waals surface area contributed by atoms with Gasteiger partial charge in [-0.15, -0.1) is 0 Å². The third kappa shape index (κ3) is 3.22. The molecule has 0 saturated carbocycles. The molecule has 90 valence electrons. The molecule has 6 nitrogen and oxygen atoms in total. The second-order valence-corrected chi connectivity index (χ2v) is 4.15. The van der Waals surface area contributed by atoms with Gasteiger partial charge in [0.15, 0.2) is 0 Å². The maximum Gasteiger partial charge on any atom is 0.323 e. The van der Waals surface area contributed by atoms with E-state index >= 15 is 0 Å². The van der Waals surface area contributed by atoms with Crippen LogP contribution in [0.3, 0.4) is 0 Å². The average Bonchev–Trinajstić information content (AvgIpc) is 2.14. The van der Waals surface area contributed by atoms with E-state index in [4.69, 9.17) is 10.5 Å². The number of rotatable bonds is 4. The summed E-state index contributed by atoms with van der Waals surface area (Å²) >= 11 is 0. The van der Waals surface area contributed by atoms with E-state index in [2.05, 4.69) is 15.0 Å². The van der Waals surface area contributed by atoms with Crippen molar-refractivity contribution in [2.24, 2.45) is 0 Å². The van der Waals surface area contributed by atoms with Crippen LogP contribution in [0.5, 0.6) is 6.01 Å². The Bertz CT molecular complexity index is 353. The third-order valence-corrected chi connectivity index (χ3v) is 2.05. The average molecular weight is 225 g/mol. The van der Waals surface area contributed by atoms with E-state index in [9.17, 15) is 0 Å². The molecule has 0 fully saturated rings. The molecule has 0 saturated heterocycles. The minimum atomic E-state index is 0.0130. The second kappa shape index (κ2) is 4.96. The molecule has 6 heteroatoms. The summed E-state index contributed by atoms with van der Waals surface area (Å²) in [5.74, 6) is 0.700. The Kier molecular flexibility index (Phi) is 3.87. The minimum Gasteiger partial charge on any atom is -0.461 e. The Morgan fingerprint density at radius 3 is 2.25 bits per heavy atom. The summed E-state index contributed by atoms with van der Waals surface area (Å²) in [7, 11) is 1.90. The molecule has 0 aliphatic carbocycles. The van der Waals surface area contributed by atoms with Crippen LogP contribution in [0.1, 0.15) is 27.7 Å². The zero-order valence-corrected chi connectivity index (χ0v) is 10.4. The molecule has 0 amide bonds. The number of hydrogen-bond donors (Lipinski definition) is 1. The van der Waals surface area contributed by atoms with Gasteiger partial charge in [-0.3, -0.25) is 0 Å². The van der Waals surface area contributed by atoms with E-state index in [0.717, 1.165) is 0 Å². The van der Waals surface area contributed by atoms with Crippen molar-refractivity contribution in [3.05, 3.63) is 0 Å². The van der Waals surface area contributed by atoms with Gasteiger partial charge in [0.25, 0.3) is 0 Å². The summed E-state index contributed by atoms with van der Waals surface area (Å²) in [6, 6.07) is 0.554. The first-order valence-electron chi connectivity index (χ1n) is 5.31. The quantitative estimate of drug-likeness (QED) is 0.826. The van der Waals surface area contributed by atoms with Crippen LogP contribution in [-0.2, 0) is 0 Å². The smallest absolute Gasteiger partial charge is 0.323 e. The Labute approximate surface area is 95.9 Å². The molecule has 0 unspecified atom stereocenters. The summed E-state index contributed by atoms with van der Waals surface area (Å²) in [5.41, 5.74) is 5.60. The summed E-state index contributed by atoms with van der Waals surface area (Å²) in [5, 5.41) is 0. The number of nitrogens with two attached hydrogens (primary N) is 1. The Hall–Kier alpha value is -1.59. The molecule has 0 radical (unpaired) electrons. The molecule has 1 rings (SSSR count). The van der Waals surface area contributed by atoms with Crippen LogP contribution in [0.2, 0.25) is 0 Å². The third-order valence-electron chi connectivity index (χ3n) is 2.05. The monoisotopic (exact) mass is 225 g/mol. The first kappa shape index (κ1) is 12.5. The van der Waals surface area contributed by atoms with Crippen LogP contribution in [0.15, 0.2) is 0 Å². The molecule has 1 heterocycles. The molecular weight excluding hydrogens is 206 g/mol. The van der Waals surface area contributed by atoms with Crippen molar-refractivity contribution in [1.82, 2.24) is 15.0 Å². The fraction of sp³-hybridized carbons (Fsp3) is 0.700. The Morgan fingerprint density at radius 2 is 1.75 bits per heavy atom. The van der Waals surface area contributed by atoms with Crippen LogP contribution in [0, 0.1) is 0 Å². The summed E-state index contributed by atoms with van der Waals surface area (Å²) in [6.45, 7) is 7.91. The van der Waals surface area contributed by atoms with Crippen LogP contribution in [0.4, 0.5) is 11.9 Å². The fourth-order valence-corrected chi connectivity index (χ4v) is 1.01. The number of nitrogens with zero attached hydrogens (tertiary/aromatic N) is 4. The highest BCUT2D eigenvalue weighted by molar-refractivity contribution is 5.35. The fourth-order valence-electron chi connectivity index (χ4n) is 1.01. The van der Waals surface area contributed by atoms with Gasteiger partial charge >= 0.3 is 6.01 Å². The molecule has 1 aromatic heterocycles. The van der Waals surface area contributed by atoms with Gasteiger partial charge < -0.3 is 15.4 Å². The molecule has 0 atom stereocenters. The van der Waals surface area contributed by atoms with Gasteiger partial charge in [0.05, 0.1) is 6.10 Å². The van der Waals surface area contributed by atoms with Gasteiger partial charge in [-0.05, 0) is 27.7 Å². The van der Waals surface area contributed by atoms with Gasteiger partial charge in [0.2, 0.25) is 11.9 Å². The first-order valence-corrected chi connectivity index (χ1v) is 5.31. The van der Waals surface area contributed by atoms with Crippen LogP contribution in [0.25, 0.3) is 0 Å². The maximum absolute atomic E-state index is 5.60. The first-order chi connectivity index (χ1) is 7.40. The SMILES string of the molecule is CC(C)Oc1nc(N)nc(N(C)C(C)C)n1. The van der Waals surface area contributed by atoms with Gasteiger partial charge in [-0.2, -0.15) is 15.0 Å². The molecule has 16 heavy (non-hydrogen) atoms. The van der Waals surface area contributed by atoms with Crippen molar-refractivity contribution in [2.45, 2.75) is 39.8 Å². The molecule has 1 aromatic rings. The summed E-state index contributed by atoms with van der Waals surface area (Å²) in [4.78, 5) is 14.1. The zero-order chi connectivity index (χ0) is 12.3. The highest BCUT2D eigenvalue weighted by Gasteiger charge is 2.12. The number of anilines is 2. The topological polar surface area (TPSA) is 77.2 Å². The minimum absolute atomic E-state index is 0.0130. The molecule has 0 spiro atoms. The van der Waals surface area contributed by atoms with Crippen molar-refractivity contribution < 1.29 is 4.74 Å². The molecule has 0 aliphatic heterocycles.